The molecular weight excluding hydrogens is 140 g/mol. The van der Waals surface area contributed by atoms with Gasteiger partial charge >= 0.3 is 5.97 Å². The van der Waals surface area contributed by atoms with Gasteiger partial charge in [0, 0.05) is 5.75 Å². The van der Waals surface area contributed by atoms with Crippen LogP contribution >= 0.6 is 11.8 Å². The summed E-state index contributed by atoms with van der Waals surface area (Å²) in [7, 11) is 0. The Balaban J connectivity index is 2.26. The van der Waals surface area contributed by atoms with Crippen molar-refractivity contribution in [2.24, 2.45) is 0 Å². The van der Waals surface area contributed by atoms with Gasteiger partial charge in [-0.3, -0.25) is 4.79 Å². The van der Waals surface area contributed by atoms with Gasteiger partial charge in [0.25, 0.3) is 0 Å². The molecule has 2 rings (SSSR count). The lowest BCUT2D eigenvalue weighted by molar-refractivity contribution is -0.141. The molecule has 0 aromatic heterocycles. The lowest BCUT2D eigenvalue weighted by atomic mass is 10.2. The Kier molecular flexibility index (Phi) is 1.01. The Hall–Kier alpha value is -0.220. The molecule has 2 saturated heterocycles. The highest BCUT2D eigenvalue weighted by molar-refractivity contribution is 8.01. The van der Waals surface area contributed by atoms with Gasteiger partial charge in [-0.25, -0.2) is 0 Å². The Labute approximate surface area is 56.4 Å². The van der Waals surface area contributed by atoms with Gasteiger partial charge in [0.15, 0.2) is 0 Å². The molecule has 2 aliphatic heterocycles. The van der Waals surface area contributed by atoms with Crippen molar-refractivity contribution in [2.45, 2.75) is 17.5 Å². The van der Waals surface area contributed by atoms with Crippen LogP contribution in [-0.4, -0.2) is 34.3 Å². The molecule has 9 heavy (non-hydrogen) atoms. The van der Waals surface area contributed by atoms with Crippen molar-refractivity contribution < 1.29 is 14.6 Å². The summed E-state index contributed by atoms with van der Waals surface area (Å²) in [5, 5.41) is 8.85. The van der Waals surface area contributed by atoms with Crippen LogP contribution < -0.4 is 0 Å². The molecule has 0 aliphatic carbocycles. The number of hydrogen-bond acceptors (Lipinski definition) is 4. The molecule has 3 unspecified atom stereocenters. The first-order valence-electron chi connectivity index (χ1n) is 2.79. The van der Waals surface area contributed by atoms with Crippen LogP contribution in [0.15, 0.2) is 0 Å². The van der Waals surface area contributed by atoms with Crippen LogP contribution in [0.5, 0.6) is 0 Å². The molecule has 2 bridgehead atoms. The predicted molar refractivity (Wildman–Crippen MR) is 32.1 cm³/mol. The molecule has 0 radical (unpaired) electrons. The van der Waals surface area contributed by atoms with Gasteiger partial charge in [0.05, 0.1) is 0 Å². The van der Waals surface area contributed by atoms with Crippen LogP contribution in [0.3, 0.4) is 0 Å². The molecule has 50 valence electrons. The number of carbonyl (C=O) groups is 1. The monoisotopic (exact) mass is 146 g/mol. The van der Waals surface area contributed by atoms with Crippen LogP contribution in [-0.2, 0) is 9.53 Å². The fourth-order valence-corrected chi connectivity index (χ4v) is 2.34. The van der Waals surface area contributed by atoms with E-state index < -0.39 is 6.10 Å². The highest BCUT2D eigenvalue weighted by Crippen LogP contribution is 2.36. The van der Waals surface area contributed by atoms with E-state index >= 15 is 0 Å². The average Bonchev–Trinajstić information content (AvgIpc) is 2.25. The van der Waals surface area contributed by atoms with Gasteiger partial charge < -0.3 is 9.84 Å². The maximum absolute atomic E-state index is 10.6. The molecule has 0 aromatic carbocycles. The number of ether oxygens (including phenoxy) is 1. The first-order chi connectivity index (χ1) is 4.29. The van der Waals surface area contributed by atoms with Crippen molar-refractivity contribution in [3.05, 3.63) is 0 Å². The van der Waals surface area contributed by atoms with Crippen LogP contribution in [0.2, 0.25) is 0 Å². The minimum Gasteiger partial charge on any atom is -0.458 e. The summed E-state index contributed by atoms with van der Waals surface area (Å²) < 4.78 is 4.76. The first kappa shape index (κ1) is 5.56. The van der Waals surface area contributed by atoms with E-state index in [-0.39, 0.29) is 17.3 Å². The largest absolute Gasteiger partial charge is 0.458 e. The first-order valence-corrected chi connectivity index (χ1v) is 3.84. The maximum atomic E-state index is 10.6. The topological polar surface area (TPSA) is 46.5 Å². The number of esters is 1. The number of hydrogen-bond donors (Lipinski definition) is 1. The van der Waals surface area contributed by atoms with Crippen molar-refractivity contribution in [3.8, 4) is 0 Å². The zero-order valence-corrected chi connectivity index (χ0v) is 5.43. The third-order valence-electron chi connectivity index (χ3n) is 1.63. The molecule has 3 atom stereocenters. The zero-order valence-electron chi connectivity index (χ0n) is 4.61. The Bertz CT molecular complexity index is 158. The van der Waals surface area contributed by atoms with Crippen molar-refractivity contribution in [2.75, 3.05) is 5.75 Å². The summed E-state index contributed by atoms with van der Waals surface area (Å²) in [5.74, 6) is 0.515. The van der Waals surface area contributed by atoms with Crippen LogP contribution in [0, 0.1) is 0 Å². The molecule has 2 heterocycles. The lowest BCUT2D eigenvalue weighted by Crippen LogP contribution is -2.21. The summed E-state index contributed by atoms with van der Waals surface area (Å²) >= 11 is 1.48. The van der Waals surface area contributed by atoms with Crippen LogP contribution in [0.25, 0.3) is 0 Å². The Morgan fingerprint density at radius 1 is 1.78 bits per heavy atom. The highest BCUT2D eigenvalue weighted by Gasteiger charge is 2.49. The summed E-state index contributed by atoms with van der Waals surface area (Å²) in [6.45, 7) is 0. The third kappa shape index (κ3) is 0.602. The number of fused-ring (bicyclic) bond motifs is 2. The van der Waals surface area contributed by atoms with Gasteiger partial charge in [-0.05, 0) is 0 Å². The van der Waals surface area contributed by atoms with E-state index in [2.05, 4.69) is 0 Å². The standard InChI is InChI=1S/C5H6O3S/c6-3-2-1-9-4(3)5(7)8-2/h2-4,6H,1H2. The second kappa shape index (κ2) is 1.64. The molecule has 0 spiro atoms. The van der Waals surface area contributed by atoms with E-state index in [9.17, 15) is 4.79 Å². The Morgan fingerprint density at radius 2 is 2.56 bits per heavy atom. The number of thioether (sulfide) groups is 1. The zero-order chi connectivity index (χ0) is 6.43. The fourth-order valence-electron chi connectivity index (χ4n) is 1.12. The number of aliphatic hydroxyl groups is 1. The van der Waals surface area contributed by atoms with E-state index in [1.54, 1.807) is 0 Å². The van der Waals surface area contributed by atoms with Gasteiger partial charge in [-0.1, -0.05) is 0 Å². The van der Waals surface area contributed by atoms with E-state index in [1.807, 2.05) is 0 Å². The van der Waals surface area contributed by atoms with Crippen molar-refractivity contribution in [1.29, 1.82) is 0 Å². The van der Waals surface area contributed by atoms with E-state index in [0.717, 1.165) is 5.75 Å². The van der Waals surface area contributed by atoms with Crippen molar-refractivity contribution in [3.63, 3.8) is 0 Å². The summed E-state index contributed by atoms with van der Waals surface area (Å²) in [6, 6.07) is 0. The average molecular weight is 146 g/mol. The van der Waals surface area contributed by atoms with E-state index in [0.29, 0.717) is 0 Å². The minimum absolute atomic E-state index is 0.215. The van der Waals surface area contributed by atoms with Crippen molar-refractivity contribution in [1.82, 2.24) is 0 Å². The molecule has 0 amide bonds. The van der Waals surface area contributed by atoms with E-state index in [4.69, 9.17) is 9.84 Å². The third-order valence-corrected chi connectivity index (χ3v) is 2.98. The number of carbonyl (C=O) groups excluding carboxylic acids is 1. The van der Waals surface area contributed by atoms with E-state index in [1.165, 1.54) is 11.8 Å². The minimum atomic E-state index is -0.539. The Morgan fingerprint density at radius 3 is 2.78 bits per heavy atom. The summed E-state index contributed by atoms with van der Waals surface area (Å²) in [4.78, 5) is 10.6. The molecule has 3 nitrogen and oxygen atoms in total. The quantitative estimate of drug-likeness (QED) is 0.463. The molecule has 2 aliphatic rings. The molecule has 2 fully saturated rings. The summed E-state index contributed by atoms with van der Waals surface area (Å²) in [6.07, 6.45) is -0.755. The van der Waals surface area contributed by atoms with Gasteiger partial charge in [0.1, 0.15) is 17.5 Å². The smallest absolute Gasteiger partial charge is 0.322 e. The van der Waals surface area contributed by atoms with Gasteiger partial charge in [-0.15, -0.1) is 11.8 Å². The summed E-state index contributed by atoms with van der Waals surface area (Å²) in [5.41, 5.74) is 0. The van der Waals surface area contributed by atoms with Crippen molar-refractivity contribution >= 4 is 17.7 Å². The fraction of sp³-hybridized carbons (Fsp3) is 0.800. The molecular formula is C5H6O3S. The molecule has 4 heteroatoms. The molecule has 0 saturated carbocycles. The molecule has 1 N–H and O–H groups in total. The van der Waals surface area contributed by atoms with Gasteiger partial charge in [0.2, 0.25) is 0 Å². The maximum Gasteiger partial charge on any atom is 0.322 e. The lowest BCUT2D eigenvalue weighted by Gasteiger charge is -2.07. The van der Waals surface area contributed by atoms with Crippen LogP contribution in [0.1, 0.15) is 0 Å². The van der Waals surface area contributed by atoms with Gasteiger partial charge in [-0.2, -0.15) is 0 Å². The molecule has 0 aromatic rings. The number of aliphatic hydroxyl groups excluding tert-OH is 1. The predicted octanol–water partition coefficient (Wildman–Crippen LogP) is -0.612. The second-order valence-corrected chi connectivity index (χ2v) is 3.39. The normalized spacial score (nSPS) is 47.7. The number of rotatable bonds is 0. The van der Waals surface area contributed by atoms with Crippen LogP contribution in [0.4, 0.5) is 0 Å². The second-order valence-electron chi connectivity index (χ2n) is 2.22. The highest BCUT2D eigenvalue weighted by atomic mass is 32.2. The SMILES string of the molecule is O=C1OC2CSC1C2O.